The molecule has 1 aromatic rings. The van der Waals surface area contributed by atoms with E-state index in [0.717, 1.165) is 19.3 Å². The molecule has 2 heterocycles. The first-order valence-corrected chi connectivity index (χ1v) is 10.3. The predicted molar refractivity (Wildman–Crippen MR) is 96.1 cm³/mol. The fourth-order valence-corrected chi connectivity index (χ4v) is 5.34. The van der Waals surface area contributed by atoms with E-state index < -0.39 is 21.9 Å². The van der Waals surface area contributed by atoms with Crippen molar-refractivity contribution in [2.45, 2.75) is 43.5 Å². The van der Waals surface area contributed by atoms with E-state index in [1.54, 1.807) is 16.4 Å². The lowest BCUT2D eigenvalue weighted by Crippen LogP contribution is -2.41. The monoisotopic (exact) mass is 380 g/mol. The van der Waals surface area contributed by atoms with Gasteiger partial charge in [0, 0.05) is 31.2 Å². The number of carbonyl (C=O) groups excluding carboxylic acids is 2. The molecule has 0 unspecified atom stereocenters. The van der Waals surface area contributed by atoms with Crippen molar-refractivity contribution in [3.8, 4) is 0 Å². The third kappa shape index (κ3) is 3.48. The molecule has 0 saturated carbocycles. The van der Waals surface area contributed by atoms with Crippen molar-refractivity contribution in [2.75, 3.05) is 25.1 Å². The SMILES string of the molecule is COC(=O)[C@@H]1CC(=O)N(c2ccc(S(=O)(=O)N3CCCC[C@H]3C)cc2)C1. The minimum Gasteiger partial charge on any atom is -0.469 e. The van der Waals surface area contributed by atoms with E-state index in [2.05, 4.69) is 0 Å². The van der Waals surface area contributed by atoms with Crippen LogP contribution in [0, 0.1) is 5.92 Å². The van der Waals surface area contributed by atoms with E-state index in [1.807, 2.05) is 6.92 Å². The number of piperidine rings is 1. The Morgan fingerprint density at radius 2 is 1.88 bits per heavy atom. The molecule has 2 aliphatic rings. The zero-order valence-electron chi connectivity index (χ0n) is 15.1. The summed E-state index contributed by atoms with van der Waals surface area (Å²) in [6.07, 6.45) is 2.90. The van der Waals surface area contributed by atoms with E-state index in [4.69, 9.17) is 4.74 Å². The first kappa shape index (κ1) is 18.8. The van der Waals surface area contributed by atoms with Crippen LogP contribution in [-0.2, 0) is 24.3 Å². The van der Waals surface area contributed by atoms with Crippen LogP contribution in [0.2, 0.25) is 0 Å². The van der Waals surface area contributed by atoms with Crippen molar-refractivity contribution >= 4 is 27.6 Å². The lowest BCUT2D eigenvalue weighted by Gasteiger charge is -2.32. The molecule has 2 fully saturated rings. The Kier molecular flexibility index (Phi) is 5.34. The molecule has 2 aliphatic heterocycles. The second kappa shape index (κ2) is 7.36. The minimum atomic E-state index is -3.54. The smallest absolute Gasteiger partial charge is 0.311 e. The number of carbonyl (C=O) groups is 2. The normalized spacial score (nSPS) is 24.7. The average Bonchev–Trinajstić information content (AvgIpc) is 3.03. The molecule has 0 spiro atoms. The molecule has 8 heteroatoms. The summed E-state index contributed by atoms with van der Waals surface area (Å²) in [5.41, 5.74) is 0.590. The number of amides is 1. The number of hydrogen-bond donors (Lipinski definition) is 0. The number of ether oxygens (including phenoxy) is 1. The molecule has 0 aromatic heterocycles. The van der Waals surface area contributed by atoms with Crippen LogP contribution in [0.25, 0.3) is 0 Å². The van der Waals surface area contributed by atoms with Crippen LogP contribution in [-0.4, -0.2) is 50.8 Å². The van der Waals surface area contributed by atoms with Crippen LogP contribution >= 0.6 is 0 Å². The largest absolute Gasteiger partial charge is 0.469 e. The van der Waals surface area contributed by atoms with Gasteiger partial charge in [0.1, 0.15) is 0 Å². The molecule has 142 valence electrons. The van der Waals surface area contributed by atoms with Crippen LogP contribution < -0.4 is 4.90 Å². The lowest BCUT2D eigenvalue weighted by molar-refractivity contribution is -0.145. The number of esters is 1. The highest BCUT2D eigenvalue weighted by atomic mass is 32.2. The topological polar surface area (TPSA) is 84.0 Å². The molecule has 0 aliphatic carbocycles. The first-order chi connectivity index (χ1) is 12.3. The Labute approximate surface area is 154 Å². The fourth-order valence-electron chi connectivity index (χ4n) is 3.64. The number of nitrogens with zero attached hydrogens (tertiary/aromatic N) is 2. The molecule has 0 radical (unpaired) electrons. The van der Waals surface area contributed by atoms with E-state index in [9.17, 15) is 18.0 Å². The van der Waals surface area contributed by atoms with Gasteiger partial charge in [-0.25, -0.2) is 8.42 Å². The Morgan fingerprint density at radius 3 is 2.50 bits per heavy atom. The minimum absolute atomic E-state index is 0.00518. The van der Waals surface area contributed by atoms with Gasteiger partial charge in [0.2, 0.25) is 15.9 Å². The van der Waals surface area contributed by atoms with E-state index >= 15 is 0 Å². The maximum atomic E-state index is 12.9. The number of methoxy groups -OCH3 is 1. The molecule has 0 bridgehead atoms. The van der Waals surface area contributed by atoms with Gasteiger partial charge in [-0.3, -0.25) is 9.59 Å². The van der Waals surface area contributed by atoms with Gasteiger partial charge in [0.25, 0.3) is 0 Å². The Morgan fingerprint density at radius 1 is 1.19 bits per heavy atom. The summed E-state index contributed by atoms with van der Waals surface area (Å²) in [6.45, 7) is 2.72. The van der Waals surface area contributed by atoms with Gasteiger partial charge in [-0.1, -0.05) is 6.42 Å². The Hall–Kier alpha value is -1.93. The fraction of sp³-hybridized carbons (Fsp3) is 0.556. The molecule has 2 atom stereocenters. The Bertz CT molecular complexity index is 790. The van der Waals surface area contributed by atoms with Crippen molar-refractivity contribution < 1.29 is 22.7 Å². The molecule has 3 rings (SSSR count). The van der Waals surface area contributed by atoms with Gasteiger partial charge in [-0.05, 0) is 44.0 Å². The molecule has 7 nitrogen and oxygen atoms in total. The predicted octanol–water partition coefficient (Wildman–Crippen LogP) is 1.78. The Balaban J connectivity index is 1.78. The average molecular weight is 380 g/mol. The maximum absolute atomic E-state index is 12.9. The highest BCUT2D eigenvalue weighted by molar-refractivity contribution is 7.89. The molecule has 1 aromatic carbocycles. The third-order valence-corrected chi connectivity index (χ3v) is 7.18. The highest BCUT2D eigenvalue weighted by Gasteiger charge is 2.36. The molecule has 26 heavy (non-hydrogen) atoms. The van der Waals surface area contributed by atoms with Crippen molar-refractivity contribution in [2.24, 2.45) is 5.92 Å². The van der Waals surface area contributed by atoms with Gasteiger partial charge in [-0.15, -0.1) is 0 Å². The summed E-state index contributed by atoms with van der Waals surface area (Å²) in [5.74, 6) is -1.05. The van der Waals surface area contributed by atoms with E-state index in [1.165, 1.54) is 24.1 Å². The van der Waals surface area contributed by atoms with Gasteiger partial charge in [0.15, 0.2) is 0 Å². The second-order valence-electron chi connectivity index (χ2n) is 6.88. The summed E-state index contributed by atoms with van der Waals surface area (Å²) in [5, 5.41) is 0. The van der Waals surface area contributed by atoms with Crippen molar-refractivity contribution in [3.05, 3.63) is 24.3 Å². The summed E-state index contributed by atoms with van der Waals surface area (Å²) in [6, 6.07) is 6.31. The van der Waals surface area contributed by atoms with Crippen molar-refractivity contribution in [1.29, 1.82) is 0 Å². The third-order valence-electron chi connectivity index (χ3n) is 5.16. The molecule has 2 saturated heterocycles. The van der Waals surface area contributed by atoms with Crippen molar-refractivity contribution in [1.82, 2.24) is 4.31 Å². The number of anilines is 1. The second-order valence-corrected chi connectivity index (χ2v) is 8.77. The lowest BCUT2D eigenvalue weighted by atomic mass is 10.1. The summed E-state index contributed by atoms with van der Waals surface area (Å²) in [4.78, 5) is 25.5. The maximum Gasteiger partial charge on any atom is 0.311 e. The van der Waals surface area contributed by atoms with Crippen LogP contribution in [0.3, 0.4) is 0 Å². The van der Waals surface area contributed by atoms with Crippen molar-refractivity contribution in [3.63, 3.8) is 0 Å². The molecular weight excluding hydrogens is 356 g/mol. The van der Waals surface area contributed by atoms with Gasteiger partial charge in [0.05, 0.1) is 17.9 Å². The first-order valence-electron chi connectivity index (χ1n) is 8.84. The van der Waals surface area contributed by atoms with Crippen LogP contribution in [0.1, 0.15) is 32.6 Å². The molecular formula is C18H24N2O5S. The zero-order valence-corrected chi connectivity index (χ0v) is 15.9. The van der Waals surface area contributed by atoms with Gasteiger partial charge in [-0.2, -0.15) is 4.31 Å². The summed E-state index contributed by atoms with van der Waals surface area (Å²) >= 11 is 0. The summed E-state index contributed by atoms with van der Waals surface area (Å²) < 4.78 is 32.0. The highest BCUT2D eigenvalue weighted by Crippen LogP contribution is 2.29. The van der Waals surface area contributed by atoms with E-state index in [0.29, 0.717) is 12.2 Å². The van der Waals surface area contributed by atoms with E-state index in [-0.39, 0.29) is 29.8 Å². The number of benzene rings is 1. The standard InChI is InChI=1S/C18H24N2O5S/c1-13-5-3-4-10-20(13)26(23,24)16-8-6-15(7-9-16)19-12-14(11-17(19)21)18(22)25-2/h6-9,13-14H,3-5,10-12H2,1-2H3/t13-,14-/m1/s1. The quantitative estimate of drug-likeness (QED) is 0.744. The van der Waals surface area contributed by atoms with Crippen LogP contribution in [0.4, 0.5) is 5.69 Å². The van der Waals surface area contributed by atoms with Crippen LogP contribution in [0.15, 0.2) is 29.2 Å². The summed E-state index contributed by atoms with van der Waals surface area (Å²) in [7, 11) is -2.24. The van der Waals surface area contributed by atoms with Gasteiger partial charge >= 0.3 is 5.97 Å². The zero-order chi connectivity index (χ0) is 18.9. The number of rotatable bonds is 4. The molecule has 1 amide bonds. The van der Waals surface area contributed by atoms with Gasteiger partial charge < -0.3 is 9.64 Å². The number of sulfonamides is 1. The van der Waals surface area contributed by atoms with Crippen LogP contribution in [0.5, 0.6) is 0 Å². The molecule has 0 N–H and O–H groups in total. The number of hydrogen-bond acceptors (Lipinski definition) is 5.